The lowest BCUT2D eigenvalue weighted by Gasteiger charge is -2.22. The normalized spacial score (nSPS) is 29.2. The van der Waals surface area contributed by atoms with Crippen LogP contribution in [0.3, 0.4) is 0 Å². The fraction of sp³-hybridized carbons (Fsp3) is 0.824. The van der Waals surface area contributed by atoms with Crippen LogP contribution in [-0.2, 0) is 11.3 Å². The quantitative estimate of drug-likeness (QED) is 0.857. The summed E-state index contributed by atoms with van der Waals surface area (Å²) in [6.45, 7) is 6.60. The van der Waals surface area contributed by atoms with Crippen LogP contribution >= 0.6 is 0 Å². The molecule has 2 aliphatic rings. The molecule has 0 bridgehead atoms. The van der Waals surface area contributed by atoms with Crippen molar-refractivity contribution in [2.45, 2.75) is 77.5 Å². The summed E-state index contributed by atoms with van der Waals surface area (Å²) in [6.07, 6.45) is 13.4. The van der Waals surface area contributed by atoms with Crippen LogP contribution in [0.4, 0.5) is 5.69 Å². The van der Waals surface area contributed by atoms with Gasteiger partial charge in [0.1, 0.15) is 0 Å². The van der Waals surface area contributed by atoms with Gasteiger partial charge in [0, 0.05) is 18.8 Å². The highest BCUT2D eigenvalue weighted by atomic mass is 16.5. The number of anilines is 1. The molecule has 1 N–H and O–H groups in total. The Balaban J connectivity index is 1.52. The number of ether oxygens (including phenoxy) is 1. The summed E-state index contributed by atoms with van der Waals surface area (Å²) in [5.74, 6) is 0. The van der Waals surface area contributed by atoms with E-state index in [-0.39, 0.29) is 0 Å². The van der Waals surface area contributed by atoms with Gasteiger partial charge in [-0.3, -0.25) is 4.68 Å². The van der Waals surface area contributed by atoms with Gasteiger partial charge in [-0.2, -0.15) is 5.10 Å². The molecule has 0 aromatic carbocycles. The third-order valence-corrected chi connectivity index (χ3v) is 4.99. The third kappa shape index (κ3) is 4.22. The van der Waals surface area contributed by atoms with Crippen LogP contribution in [-0.4, -0.2) is 28.5 Å². The molecule has 2 atom stereocenters. The molecule has 3 rings (SSSR count). The Kier molecular flexibility index (Phi) is 4.53. The van der Waals surface area contributed by atoms with Crippen molar-refractivity contribution in [3.8, 4) is 0 Å². The average molecular weight is 291 g/mol. The van der Waals surface area contributed by atoms with Crippen molar-refractivity contribution >= 4 is 5.69 Å². The molecule has 2 unspecified atom stereocenters. The van der Waals surface area contributed by atoms with Crippen LogP contribution in [0.1, 0.15) is 58.8 Å². The van der Waals surface area contributed by atoms with E-state index in [1.54, 1.807) is 0 Å². The highest BCUT2D eigenvalue weighted by Gasteiger charge is 2.24. The first-order chi connectivity index (χ1) is 10.1. The molecule has 0 amide bonds. The van der Waals surface area contributed by atoms with E-state index in [9.17, 15) is 0 Å². The number of rotatable bonds is 4. The van der Waals surface area contributed by atoms with Crippen LogP contribution in [0.15, 0.2) is 12.4 Å². The predicted octanol–water partition coefficient (Wildman–Crippen LogP) is 3.83. The topological polar surface area (TPSA) is 39.1 Å². The lowest BCUT2D eigenvalue weighted by molar-refractivity contribution is 0.0940. The predicted molar refractivity (Wildman–Crippen MR) is 85.5 cm³/mol. The summed E-state index contributed by atoms with van der Waals surface area (Å²) in [4.78, 5) is 0. The van der Waals surface area contributed by atoms with Crippen molar-refractivity contribution in [1.82, 2.24) is 9.78 Å². The molecule has 1 saturated carbocycles. The third-order valence-electron chi connectivity index (χ3n) is 4.99. The van der Waals surface area contributed by atoms with Gasteiger partial charge in [0.2, 0.25) is 0 Å². The second kappa shape index (κ2) is 6.39. The molecule has 118 valence electrons. The zero-order valence-electron chi connectivity index (χ0n) is 13.5. The summed E-state index contributed by atoms with van der Waals surface area (Å²) < 4.78 is 7.70. The van der Waals surface area contributed by atoms with Gasteiger partial charge >= 0.3 is 0 Å². The van der Waals surface area contributed by atoms with E-state index in [1.807, 2.05) is 10.9 Å². The zero-order valence-corrected chi connectivity index (χ0v) is 13.5. The van der Waals surface area contributed by atoms with E-state index < -0.39 is 0 Å². The van der Waals surface area contributed by atoms with Crippen molar-refractivity contribution in [2.75, 3.05) is 11.9 Å². The fourth-order valence-corrected chi connectivity index (χ4v) is 3.58. The Bertz CT molecular complexity index is 449. The number of hydrogen-bond acceptors (Lipinski definition) is 3. The maximum absolute atomic E-state index is 5.67. The Morgan fingerprint density at radius 3 is 3.00 bits per heavy atom. The summed E-state index contributed by atoms with van der Waals surface area (Å²) in [6, 6.07) is 0.604. The smallest absolute Gasteiger partial charge is 0.0771 e. The van der Waals surface area contributed by atoms with E-state index in [2.05, 4.69) is 30.5 Å². The van der Waals surface area contributed by atoms with Crippen LogP contribution in [0, 0.1) is 5.41 Å². The average Bonchev–Trinajstić information content (AvgIpc) is 3.05. The molecular formula is C17H29N3O. The van der Waals surface area contributed by atoms with Crippen molar-refractivity contribution in [2.24, 2.45) is 5.41 Å². The maximum atomic E-state index is 5.67. The van der Waals surface area contributed by atoms with Gasteiger partial charge in [0.15, 0.2) is 0 Å². The van der Waals surface area contributed by atoms with Gasteiger partial charge in [0.05, 0.1) is 24.5 Å². The number of nitrogens with one attached hydrogen (secondary N) is 1. The zero-order chi connectivity index (χ0) is 14.7. The maximum Gasteiger partial charge on any atom is 0.0771 e. The number of aromatic nitrogens is 2. The van der Waals surface area contributed by atoms with Crippen molar-refractivity contribution in [3.63, 3.8) is 0 Å². The molecule has 1 aliphatic carbocycles. The highest BCUT2D eigenvalue weighted by Crippen LogP contribution is 2.34. The Morgan fingerprint density at radius 1 is 1.29 bits per heavy atom. The first-order valence-corrected chi connectivity index (χ1v) is 8.51. The van der Waals surface area contributed by atoms with E-state index in [1.165, 1.54) is 44.9 Å². The summed E-state index contributed by atoms with van der Waals surface area (Å²) in [7, 11) is 0. The molecule has 0 spiro atoms. The van der Waals surface area contributed by atoms with Crippen LogP contribution in [0.5, 0.6) is 0 Å². The molecule has 1 aromatic heterocycles. The van der Waals surface area contributed by atoms with Crippen molar-refractivity contribution < 1.29 is 4.74 Å². The number of hydrogen-bond donors (Lipinski definition) is 1. The summed E-state index contributed by atoms with van der Waals surface area (Å²) in [5.41, 5.74) is 1.68. The molecule has 0 radical (unpaired) electrons. The lowest BCUT2D eigenvalue weighted by atomic mass is 9.85. The van der Waals surface area contributed by atoms with Gasteiger partial charge in [-0.15, -0.1) is 0 Å². The standard InChI is InChI=1S/C17H29N3O/c1-17(2)8-3-5-14(7-9-17)19-15-11-18-20(12-15)13-16-6-4-10-21-16/h11-12,14,16,19H,3-10,13H2,1-2H3. The first-order valence-electron chi connectivity index (χ1n) is 8.51. The molecule has 2 fully saturated rings. The molecule has 1 saturated heterocycles. The van der Waals surface area contributed by atoms with E-state index >= 15 is 0 Å². The second-order valence-electron chi connectivity index (χ2n) is 7.52. The summed E-state index contributed by atoms with van der Waals surface area (Å²) >= 11 is 0. The SMILES string of the molecule is CC1(C)CCCC(Nc2cnn(CC3CCCO3)c2)CC1. The van der Waals surface area contributed by atoms with Gasteiger partial charge in [-0.1, -0.05) is 20.3 Å². The van der Waals surface area contributed by atoms with E-state index in [0.717, 1.165) is 18.8 Å². The van der Waals surface area contributed by atoms with Crippen LogP contribution in [0.2, 0.25) is 0 Å². The minimum atomic E-state index is 0.358. The van der Waals surface area contributed by atoms with Crippen LogP contribution < -0.4 is 5.32 Å². The minimum absolute atomic E-state index is 0.358. The molecule has 1 aliphatic heterocycles. The summed E-state index contributed by atoms with van der Waals surface area (Å²) in [5, 5.41) is 8.15. The van der Waals surface area contributed by atoms with Crippen LogP contribution in [0.25, 0.3) is 0 Å². The molecule has 4 nitrogen and oxygen atoms in total. The first kappa shape index (κ1) is 14.9. The second-order valence-corrected chi connectivity index (χ2v) is 7.52. The minimum Gasteiger partial charge on any atom is -0.380 e. The lowest BCUT2D eigenvalue weighted by Crippen LogP contribution is -2.19. The molecule has 2 heterocycles. The Labute approximate surface area is 128 Å². The van der Waals surface area contributed by atoms with Gasteiger partial charge < -0.3 is 10.1 Å². The Hall–Kier alpha value is -1.03. The Morgan fingerprint density at radius 2 is 2.19 bits per heavy atom. The largest absolute Gasteiger partial charge is 0.380 e. The monoisotopic (exact) mass is 291 g/mol. The molecular weight excluding hydrogens is 262 g/mol. The highest BCUT2D eigenvalue weighted by molar-refractivity contribution is 5.39. The van der Waals surface area contributed by atoms with E-state index in [4.69, 9.17) is 4.74 Å². The molecule has 1 aromatic rings. The van der Waals surface area contributed by atoms with Crippen molar-refractivity contribution in [1.29, 1.82) is 0 Å². The molecule has 21 heavy (non-hydrogen) atoms. The van der Waals surface area contributed by atoms with Gasteiger partial charge in [-0.05, 0) is 43.9 Å². The van der Waals surface area contributed by atoms with E-state index in [0.29, 0.717) is 17.6 Å². The molecule has 4 heteroatoms. The fourth-order valence-electron chi connectivity index (χ4n) is 3.58. The van der Waals surface area contributed by atoms with Crippen molar-refractivity contribution in [3.05, 3.63) is 12.4 Å². The van der Waals surface area contributed by atoms with Gasteiger partial charge in [0.25, 0.3) is 0 Å². The van der Waals surface area contributed by atoms with Gasteiger partial charge in [-0.25, -0.2) is 0 Å². The number of nitrogens with zero attached hydrogens (tertiary/aromatic N) is 2.